The summed E-state index contributed by atoms with van der Waals surface area (Å²) in [4.78, 5) is 11.9. The molecule has 3 rings (SSSR count). The molecule has 1 fully saturated rings. The highest BCUT2D eigenvalue weighted by molar-refractivity contribution is 7.91. The van der Waals surface area contributed by atoms with Gasteiger partial charge in [-0.2, -0.15) is 0 Å². The molecule has 7 heteroatoms. The molecule has 0 aromatic heterocycles. The van der Waals surface area contributed by atoms with Crippen LogP contribution in [0, 0.1) is 5.92 Å². The minimum absolute atomic E-state index is 0.0417. The van der Waals surface area contributed by atoms with Crippen molar-refractivity contribution >= 4 is 15.7 Å². The molecule has 1 N–H and O–H groups in total. The van der Waals surface area contributed by atoms with E-state index in [2.05, 4.69) is 5.32 Å². The highest BCUT2D eigenvalue weighted by Gasteiger charge is 2.32. The van der Waals surface area contributed by atoms with E-state index in [0.29, 0.717) is 24.5 Å². The van der Waals surface area contributed by atoms with Gasteiger partial charge in [-0.05, 0) is 24.1 Å². The van der Waals surface area contributed by atoms with Crippen LogP contribution >= 0.6 is 0 Å². The number of carbonyl (C=O) groups is 1. The fraction of sp³-hybridized carbons (Fsp3) is 0.462. The van der Waals surface area contributed by atoms with Crippen molar-refractivity contribution in [3.63, 3.8) is 0 Å². The fourth-order valence-electron chi connectivity index (χ4n) is 2.39. The Bertz CT molecular complexity index is 640. The second kappa shape index (κ2) is 4.97. The molecule has 2 aliphatic heterocycles. The lowest BCUT2D eigenvalue weighted by Crippen LogP contribution is -2.30. The first kappa shape index (κ1) is 13.2. The molecular formula is C13H15NO5S. The van der Waals surface area contributed by atoms with E-state index in [0.717, 1.165) is 5.56 Å². The van der Waals surface area contributed by atoms with Crippen LogP contribution in [0.25, 0.3) is 0 Å². The summed E-state index contributed by atoms with van der Waals surface area (Å²) in [6.07, 6.45) is 0.412. The second-order valence-electron chi connectivity index (χ2n) is 5.01. The largest absolute Gasteiger partial charge is 0.454 e. The molecule has 0 aliphatic carbocycles. The van der Waals surface area contributed by atoms with E-state index in [1.54, 1.807) is 6.07 Å². The summed E-state index contributed by atoms with van der Waals surface area (Å²) >= 11 is 0. The number of rotatable bonds is 3. The lowest BCUT2D eigenvalue weighted by atomic mass is 10.1. The predicted molar refractivity (Wildman–Crippen MR) is 71.2 cm³/mol. The number of sulfone groups is 1. The fourth-order valence-corrected chi connectivity index (χ4v) is 4.13. The summed E-state index contributed by atoms with van der Waals surface area (Å²) in [5.74, 6) is 0.801. The topological polar surface area (TPSA) is 81.7 Å². The zero-order valence-electron chi connectivity index (χ0n) is 10.8. The maximum absolute atomic E-state index is 11.9. The third kappa shape index (κ3) is 2.72. The molecule has 1 atom stereocenters. The first-order valence-corrected chi connectivity index (χ1v) is 8.22. The van der Waals surface area contributed by atoms with Crippen molar-refractivity contribution in [2.75, 3.05) is 18.3 Å². The Balaban J connectivity index is 1.58. The summed E-state index contributed by atoms with van der Waals surface area (Å²) in [5.41, 5.74) is 0.892. The Morgan fingerprint density at radius 2 is 2.10 bits per heavy atom. The van der Waals surface area contributed by atoms with Crippen LogP contribution in [-0.2, 0) is 21.2 Å². The van der Waals surface area contributed by atoms with Gasteiger partial charge in [0.05, 0.1) is 17.4 Å². The third-order valence-corrected chi connectivity index (χ3v) is 5.27. The highest BCUT2D eigenvalue weighted by atomic mass is 32.2. The Labute approximate surface area is 117 Å². The molecule has 0 unspecified atom stereocenters. The number of ether oxygens (including phenoxy) is 2. The van der Waals surface area contributed by atoms with E-state index in [-0.39, 0.29) is 24.2 Å². The molecule has 0 saturated carbocycles. The van der Waals surface area contributed by atoms with Crippen LogP contribution in [0.1, 0.15) is 12.0 Å². The van der Waals surface area contributed by atoms with Crippen molar-refractivity contribution in [3.05, 3.63) is 23.8 Å². The van der Waals surface area contributed by atoms with Gasteiger partial charge >= 0.3 is 0 Å². The maximum Gasteiger partial charge on any atom is 0.231 e. The van der Waals surface area contributed by atoms with Gasteiger partial charge in [-0.1, -0.05) is 6.07 Å². The average molecular weight is 297 g/mol. The quantitative estimate of drug-likeness (QED) is 0.877. The minimum atomic E-state index is -3.03. The summed E-state index contributed by atoms with van der Waals surface area (Å²) in [6, 6.07) is 5.46. The van der Waals surface area contributed by atoms with Gasteiger partial charge in [0.25, 0.3) is 0 Å². The van der Waals surface area contributed by atoms with Gasteiger partial charge in [0.2, 0.25) is 12.7 Å². The predicted octanol–water partition coefficient (Wildman–Crippen LogP) is 0.466. The number of nitrogens with one attached hydrogen (secondary N) is 1. The van der Waals surface area contributed by atoms with E-state index in [1.807, 2.05) is 12.1 Å². The number of carbonyl (C=O) groups excluding carboxylic acids is 1. The lowest BCUT2D eigenvalue weighted by molar-refractivity contribution is -0.124. The van der Waals surface area contributed by atoms with Gasteiger partial charge in [-0.15, -0.1) is 0 Å². The van der Waals surface area contributed by atoms with Crippen LogP contribution in [0.2, 0.25) is 0 Å². The summed E-state index contributed by atoms with van der Waals surface area (Å²) < 4.78 is 33.1. The van der Waals surface area contributed by atoms with Gasteiger partial charge in [0.15, 0.2) is 21.3 Å². The molecule has 6 nitrogen and oxygen atoms in total. The van der Waals surface area contributed by atoms with Crippen molar-refractivity contribution in [2.24, 2.45) is 5.92 Å². The number of hydrogen-bond acceptors (Lipinski definition) is 5. The molecule has 1 aromatic carbocycles. The van der Waals surface area contributed by atoms with Crippen LogP contribution in [0.3, 0.4) is 0 Å². The Morgan fingerprint density at radius 3 is 2.85 bits per heavy atom. The molecule has 0 spiro atoms. The SMILES string of the molecule is O=C(NCc1ccc2c(c1)OCO2)[C@H]1CCS(=O)(=O)C1. The Kier molecular flexibility index (Phi) is 3.29. The van der Waals surface area contributed by atoms with Crippen LogP contribution in [0.5, 0.6) is 11.5 Å². The minimum Gasteiger partial charge on any atom is -0.454 e. The summed E-state index contributed by atoms with van der Waals surface area (Å²) in [6.45, 7) is 0.567. The molecule has 0 bridgehead atoms. The molecule has 1 amide bonds. The lowest BCUT2D eigenvalue weighted by Gasteiger charge is -2.09. The zero-order valence-corrected chi connectivity index (χ0v) is 11.6. The normalized spacial score (nSPS) is 22.7. The monoisotopic (exact) mass is 297 g/mol. The van der Waals surface area contributed by atoms with E-state index in [1.165, 1.54) is 0 Å². The van der Waals surface area contributed by atoms with Gasteiger partial charge in [0, 0.05) is 6.54 Å². The first-order chi connectivity index (χ1) is 9.53. The van der Waals surface area contributed by atoms with Crippen molar-refractivity contribution in [1.82, 2.24) is 5.32 Å². The van der Waals surface area contributed by atoms with Gasteiger partial charge in [-0.25, -0.2) is 8.42 Å². The Morgan fingerprint density at radius 1 is 1.30 bits per heavy atom. The third-order valence-electron chi connectivity index (χ3n) is 3.51. The van der Waals surface area contributed by atoms with E-state index in [4.69, 9.17) is 9.47 Å². The van der Waals surface area contributed by atoms with Crippen molar-refractivity contribution in [3.8, 4) is 11.5 Å². The first-order valence-electron chi connectivity index (χ1n) is 6.40. The number of fused-ring (bicyclic) bond motifs is 1. The second-order valence-corrected chi connectivity index (χ2v) is 7.23. The van der Waals surface area contributed by atoms with Crippen molar-refractivity contribution in [1.29, 1.82) is 0 Å². The summed E-state index contributed by atoms with van der Waals surface area (Å²) in [7, 11) is -3.03. The van der Waals surface area contributed by atoms with Gasteiger partial charge in [-0.3, -0.25) is 4.79 Å². The van der Waals surface area contributed by atoms with E-state index < -0.39 is 15.8 Å². The van der Waals surface area contributed by atoms with Crippen LogP contribution < -0.4 is 14.8 Å². The molecule has 20 heavy (non-hydrogen) atoms. The molecule has 1 aromatic rings. The van der Waals surface area contributed by atoms with E-state index >= 15 is 0 Å². The number of benzene rings is 1. The van der Waals surface area contributed by atoms with Crippen LogP contribution in [0.4, 0.5) is 0 Å². The van der Waals surface area contributed by atoms with Crippen LogP contribution in [-0.4, -0.2) is 32.6 Å². The molecule has 2 aliphatic rings. The molecule has 2 heterocycles. The molecule has 1 saturated heterocycles. The average Bonchev–Trinajstić information content (AvgIpc) is 3.01. The van der Waals surface area contributed by atoms with Gasteiger partial charge < -0.3 is 14.8 Å². The Hall–Kier alpha value is -1.76. The van der Waals surface area contributed by atoms with Crippen molar-refractivity contribution in [2.45, 2.75) is 13.0 Å². The van der Waals surface area contributed by atoms with Crippen LogP contribution in [0.15, 0.2) is 18.2 Å². The molecule has 108 valence electrons. The smallest absolute Gasteiger partial charge is 0.231 e. The molecule has 0 radical (unpaired) electrons. The standard InChI is InChI=1S/C13H15NO5S/c15-13(10-3-4-20(16,17)7-10)14-6-9-1-2-11-12(5-9)19-8-18-11/h1-2,5,10H,3-4,6-8H2,(H,14,15)/t10-/m0/s1. The number of hydrogen-bond donors (Lipinski definition) is 1. The van der Waals surface area contributed by atoms with Crippen molar-refractivity contribution < 1.29 is 22.7 Å². The number of amides is 1. The maximum atomic E-state index is 11.9. The van der Waals surface area contributed by atoms with E-state index in [9.17, 15) is 13.2 Å². The van der Waals surface area contributed by atoms with Gasteiger partial charge in [0.1, 0.15) is 0 Å². The molecular weight excluding hydrogens is 282 g/mol. The zero-order chi connectivity index (χ0) is 14.2. The highest BCUT2D eigenvalue weighted by Crippen LogP contribution is 2.32. The summed E-state index contributed by atoms with van der Waals surface area (Å²) in [5, 5.41) is 2.77.